The molecule has 0 fully saturated rings. The predicted octanol–water partition coefficient (Wildman–Crippen LogP) is 5.75. The minimum atomic E-state index is -0.653. The number of hydrazine groups is 1. The Balaban J connectivity index is 0. The van der Waals surface area contributed by atoms with Gasteiger partial charge in [-0.2, -0.15) is 0 Å². The summed E-state index contributed by atoms with van der Waals surface area (Å²) < 4.78 is 0. The Morgan fingerprint density at radius 3 is 1.21 bits per heavy atom. The summed E-state index contributed by atoms with van der Waals surface area (Å²) in [7, 11) is 3.56. The van der Waals surface area contributed by atoms with Crippen LogP contribution in [0.3, 0.4) is 0 Å². The SMILES string of the molecule is CCCCCCCCCCCCCCCCCC(=O)O.CN(C)N. The highest BCUT2D eigenvalue weighted by molar-refractivity contribution is 5.66. The zero-order valence-electron chi connectivity index (χ0n) is 16.7. The molecule has 0 bridgehead atoms. The Morgan fingerprint density at radius 2 is 0.958 bits per heavy atom. The van der Waals surface area contributed by atoms with Crippen molar-refractivity contribution in [1.29, 1.82) is 0 Å². The number of hydrogen-bond donors (Lipinski definition) is 2. The van der Waals surface area contributed by atoms with Gasteiger partial charge in [-0.15, -0.1) is 0 Å². The molecule has 0 aromatic rings. The number of hydrogen-bond acceptors (Lipinski definition) is 3. The number of unbranched alkanes of at least 4 members (excludes halogenated alkanes) is 14. The molecule has 0 spiro atoms. The molecule has 0 aliphatic rings. The molecule has 4 heteroatoms. The van der Waals surface area contributed by atoms with Gasteiger partial charge in [-0.25, -0.2) is 0 Å². The van der Waals surface area contributed by atoms with Crippen LogP contribution in [0.5, 0.6) is 0 Å². The van der Waals surface area contributed by atoms with E-state index in [-0.39, 0.29) is 0 Å². The van der Waals surface area contributed by atoms with Crippen LogP contribution in [-0.4, -0.2) is 30.2 Å². The van der Waals surface area contributed by atoms with Crippen molar-refractivity contribution >= 4 is 5.97 Å². The molecule has 0 unspecified atom stereocenters. The van der Waals surface area contributed by atoms with E-state index in [2.05, 4.69) is 6.92 Å². The average Bonchev–Trinajstić information content (AvgIpc) is 2.50. The Kier molecular flexibility index (Phi) is 23.9. The van der Waals surface area contributed by atoms with E-state index >= 15 is 0 Å². The fourth-order valence-corrected chi connectivity index (χ4v) is 2.65. The molecule has 0 aromatic carbocycles. The molecule has 3 N–H and O–H groups in total. The first kappa shape index (κ1) is 25.6. The van der Waals surface area contributed by atoms with Gasteiger partial charge in [-0.05, 0) is 6.42 Å². The number of carbonyl (C=O) groups is 1. The highest BCUT2D eigenvalue weighted by Crippen LogP contribution is 2.13. The smallest absolute Gasteiger partial charge is 0.303 e. The number of rotatable bonds is 16. The van der Waals surface area contributed by atoms with Crippen LogP contribution in [-0.2, 0) is 4.79 Å². The Bertz CT molecular complexity index is 243. The van der Waals surface area contributed by atoms with E-state index in [1.807, 2.05) is 0 Å². The monoisotopic (exact) mass is 344 g/mol. The molecular weight excluding hydrogens is 300 g/mol. The molecular formula is C20H44N2O2. The van der Waals surface area contributed by atoms with Gasteiger partial charge in [0.05, 0.1) is 0 Å². The van der Waals surface area contributed by atoms with Crippen LogP contribution < -0.4 is 5.84 Å². The number of nitrogens with zero attached hydrogens (tertiary/aromatic N) is 1. The summed E-state index contributed by atoms with van der Waals surface area (Å²) in [6.45, 7) is 2.27. The molecule has 0 aliphatic carbocycles. The number of nitrogens with two attached hydrogens (primary N) is 1. The lowest BCUT2D eigenvalue weighted by Gasteiger charge is -2.03. The Hall–Kier alpha value is -0.610. The van der Waals surface area contributed by atoms with Crippen molar-refractivity contribution in [3.05, 3.63) is 0 Å². The van der Waals surface area contributed by atoms with Crippen LogP contribution in [0.25, 0.3) is 0 Å². The molecule has 0 saturated heterocycles. The maximum Gasteiger partial charge on any atom is 0.303 e. The zero-order valence-corrected chi connectivity index (χ0v) is 16.7. The third-order valence-electron chi connectivity index (χ3n) is 3.99. The number of aliphatic carboxylic acids is 1. The van der Waals surface area contributed by atoms with Crippen LogP contribution in [0.15, 0.2) is 0 Å². The van der Waals surface area contributed by atoms with Crippen molar-refractivity contribution in [1.82, 2.24) is 5.01 Å². The number of carboxylic acid groups (broad SMARTS) is 1. The van der Waals surface area contributed by atoms with Crippen molar-refractivity contribution in [2.75, 3.05) is 14.1 Å². The van der Waals surface area contributed by atoms with Gasteiger partial charge in [0.25, 0.3) is 0 Å². The van der Waals surface area contributed by atoms with Crippen molar-refractivity contribution in [2.24, 2.45) is 5.84 Å². The van der Waals surface area contributed by atoms with Crippen molar-refractivity contribution in [3.63, 3.8) is 0 Å². The normalized spacial score (nSPS) is 10.5. The van der Waals surface area contributed by atoms with E-state index in [4.69, 9.17) is 10.9 Å². The van der Waals surface area contributed by atoms with Crippen molar-refractivity contribution in [2.45, 2.75) is 110 Å². The standard InChI is InChI=1S/C18H36O2.C2H8N2/c1-2-3-4-5-6-7-8-9-10-11-12-13-14-15-16-17-18(19)20;1-4(2)3/h2-17H2,1H3,(H,19,20);3H2,1-2H3. The lowest BCUT2D eigenvalue weighted by molar-refractivity contribution is -0.137. The number of carboxylic acids is 1. The second kappa shape index (κ2) is 22.4. The van der Waals surface area contributed by atoms with Gasteiger partial charge in [0, 0.05) is 20.5 Å². The third kappa shape index (κ3) is 33.1. The van der Waals surface area contributed by atoms with Crippen LogP contribution in [0.4, 0.5) is 0 Å². The van der Waals surface area contributed by atoms with E-state index in [9.17, 15) is 4.79 Å². The second-order valence-corrected chi connectivity index (χ2v) is 7.06. The second-order valence-electron chi connectivity index (χ2n) is 7.06. The summed E-state index contributed by atoms with van der Waals surface area (Å²) in [5, 5.41) is 10.0. The van der Waals surface area contributed by atoms with Crippen LogP contribution in [0.1, 0.15) is 110 Å². The summed E-state index contributed by atoms with van der Waals surface area (Å²) in [4.78, 5) is 10.3. The van der Waals surface area contributed by atoms with Gasteiger partial charge >= 0.3 is 5.97 Å². The maximum absolute atomic E-state index is 10.3. The quantitative estimate of drug-likeness (QED) is 0.212. The van der Waals surface area contributed by atoms with E-state index in [0.29, 0.717) is 6.42 Å². The summed E-state index contributed by atoms with van der Waals surface area (Å²) in [6.07, 6.45) is 20.2. The van der Waals surface area contributed by atoms with Gasteiger partial charge in [-0.1, -0.05) is 96.8 Å². The molecule has 0 amide bonds. The van der Waals surface area contributed by atoms with Gasteiger partial charge < -0.3 is 5.11 Å². The van der Waals surface area contributed by atoms with Crippen molar-refractivity contribution in [3.8, 4) is 0 Å². The fraction of sp³-hybridized carbons (Fsp3) is 0.950. The van der Waals surface area contributed by atoms with Crippen molar-refractivity contribution < 1.29 is 9.90 Å². The highest BCUT2D eigenvalue weighted by atomic mass is 16.4. The van der Waals surface area contributed by atoms with E-state index in [1.165, 1.54) is 88.5 Å². The topological polar surface area (TPSA) is 66.6 Å². The molecule has 0 radical (unpaired) electrons. The lowest BCUT2D eigenvalue weighted by Crippen LogP contribution is -2.18. The molecule has 0 rings (SSSR count). The molecule has 0 heterocycles. The molecule has 0 saturated carbocycles. The Morgan fingerprint density at radius 1 is 0.708 bits per heavy atom. The molecule has 0 atom stereocenters. The molecule has 146 valence electrons. The average molecular weight is 345 g/mol. The van der Waals surface area contributed by atoms with Crippen LogP contribution >= 0.6 is 0 Å². The van der Waals surface area contributed by atoms with E-state index in [0.717, 1.165) is 12.8 Å². The predicted molar refractivity (Wildman–Crippen MR) is 105 cm³/mol. The minimum Gasteiger partial charge on any atom is -0.481 e. The molecule has 24 heavy (non-hydrogen) atoms. The third-order valence-corrected chi connectivity index (χ3v) is 3.99. The molecule has 0 aliphatic heterocycles. The largest absolute Gasteiger partial charge is 0.481 e. The van der Waals surface area contributed by atoms with Crippen LogP contribution in [0, 0.1) is 0 Å². The first-order valence-corrected chi connectivity index (χ1v) is 10.1. The van der Waals surface area contributed by atoms with Gasteiger partial charge in [0.2, 0.25) is 0 Å². The zero-order chi connectivity index (χ0) is 18.5. The van der Waals surface area contributed by atoms with Gasteiger partial charge in [-0.3, -0.25) is 15.6 Å². The molecule has 4 nitrogen and oxygen atoms in total. The minimum absolute atomic E-state index is 0.345. The summed E-state index contributed by atoms with van der Waals surface area (Å²) in [6, 6.07) is 0. The first-order valence-electron chi connectivity index (χ1n) is 10.1. The highest BCUT2D eigenvalue weighted by Gasteiger charge is 1.97. The van der Waals surface area contributed by atoms with Gasteiger partial charge in [0.1, 0.15) is 0 Å². The maximum atomic E-state index is 10.3. The summed E-state index contributed by atoms with van der Waals surface area (Å²) in [5.74, 6) is 4.29. The van der Waals surface area contributed by atoms with E-state index < -0.39 is 5.97 Å². The summed E-state index contributed by atoms with van der Waals surface area (Å²) in [5.41, 5.74) is 0. The van der Waals surface area contributed by atoms with Crippen LogP contribution in [0.2, 0.25) is 0 Å². The fourth-order valence-electron chi connectivity index (χ4n) is 2.65. The first-order chi connectivity index (χ1) is 11.5. The molecule has 0 aromatic heterocycles. The summed E-state index contributed by atoms with van der Waals surface area (Å²) >= 11 is 0. The Labute approximate surface area is 151 Å². The van der Waals surface area contributed by atoms with Gasteiger partial charge in [0.15, 0.2) is 0 Å². The van der Waals surface area contributed by atoms with E-state index in [1.54, 1.807) is 14.1 Å². The lowest BCUT2D eigenvalue weighted by atomic mass is 10.0.